The van der Waals surface area contributed by atoms with Gasteiger partial charge in [-0.15, -0.1) is 0 Å². The van der Waals surface area contributed by atoms with Crippen LogP contribution >= 0.6 is 15.9 Å². The summed E-state index contributed by atoms with van der Waals surface area (Å²) in [5, 5.41) is 0. The van der Waals surface area contributed by atoms with E-state index in [4.69, 9.17) is 15.2 Å². The Morgan fingerprint density at radius 1 is 1.14 bits per heavy atom. The van der Waals surface area contributed by atoms with Crippen LogP contribution in [0.4, 0.5) is 5.69 Å². The predicted octanol–water partition coefficient (Wildman–Crippen LogP) is 3.59. The standard InChI is InChI=1S/C16H16BrNO3/c1-9-7-14(21-3)10(8-11(9)17)16(19)15-12(18)5-4-6-13(15)20-2/h4-8H,18H2,1-3H3. The second-order valence-corrected chi connectivity index (χ2v) is 5.41. The quantitative estimate of drug-likeness (QED) is 0.676. The Morgan fingerprint density at radius 3 is 2.43 bits per heavy atom. The molecule has 0 aliphatic carbocycles. The summed E-state index contributed by atoms with van der Waals surface area (Å²) in [4.78, 5) is 12.8. The molecule has 0 saturated carbocycles. The molecule has 2 rings (SSSR count). The fourth-order valence-corrected chi connectivity index (χ4v) is 2.44. The summed E-state index contributed by atoms with van der Waals surface area (Å²) in [6.45, 7) is 1.93. The summed E-state index contributed by atoms with van der Waals surface area (Å²) in [5.74, 6) is 0.715. The summed E-state index contributed by atoms with van der Waals surface area (Å²) < 4.78 is 11.4. The van der Waals surface area contributed by atoms with Gasteiger partial charge in [-0.25, -0.2) is 0 Å². The topological polar surface area (TPSA) is 61.5 Å². The van der Waals surface area contributed by atoms with E-state index in [1.807, 2.05) is 13.0 Å². The highest BCUT2D eigenvalue weighted by Gasteiger charge is 2.21. The molecule has 0 bridgehead atoms. The number of nitrogen functional groups attached to an aromatic ring is 1. The molecule has 0 aromatic heterocycles. The highest BCUT2D eigenvalue weighted by atomic mass is 79.9. The van der Waals surface area contributed by atoms with E-state index < -0.39 is 0 Å². The number of carbonyl (C=O) groups excluding carboxylic acids is 1. The van der Waals surface area contributed by atoms with Crippen LogP contribution in [0.3, 0.4) is 0 Å². The monoisotopic (exact) mass is 349 g/mol. The number of halogens is 1. The molecule has 0 fully saturated rings. The van der Waals surface area contributed by atoms with E-state index in [1.54, 1.807) is 24.3 Å². The van der Waals surface area contributed by atoms with Crippen LogP contribution in [0.25, 0.3) is 0 Å². The van der Waals surface area contributed by atoms with Crippen LogP contribution in [0, 0.1) is 6.92 Å². The van der Waals surface area contributed by atoms with Crippen LogP contribution in [0.5, 0.6) is 11.5 Å². The second kappa shape index (κ2) is 6.18. The van der Waals surface area contributed by atoms with Crippen molar-refractivity contribution in [3.63, 3.8) is 0 Å². The number of anilines is 1. The summed E-state index contributed by atoms with van der Waals surface area (Å²) >= 11 is 3.43. The first kappa shape index (κ1) is 15.4. The molecule has 0 spiro atoms. The zero-order valence-electron chi connectivity index (χ0n) is 12.1. The SMILES string of the molecule is COc1cc(C)c(Br)cc1C(=O)c1c(N)cccc1OC. The normalized spacial score (nSPS) is 10.3. The van der Waals surface area contributed by atoms with Gasteiger partial charge in [0, 0.05) is 10.2 Å². The number of carbonyl (C=O) groups is 1. The highest BCUT2D eigenvalue weighted by molar-refractivity contribution is 9.10. The number of nitrogens with two attached hydrogens (primary N) is 1. The summed E-state index contributed by atoms with van der Waals surface area (Å²) in [5.41, 5.74) is 8.08. The van der Waals surface area contributed by atoms with Crippen molar-refractivity contribution in [1.29, 1.82) is 0 Å². The first-order valence-corrected chi connectivity index (χ1v) is 7.10. The van der Waals surface area contributed by atoms with Gasteiger partial charge < -0.3 is 15.2 Å². The Labute approximate surface area is 132 Å². The van der Waals surface area contributed by atoms with Gasteiger partial charge in [0.2, 0.25) is 5.78 Å². The molecule has 110 valence electrons. The van der Waals surface area contributed by atoms with Crippen LogP contribution in [-0.4, -0.2) is 20.0 Å². The van der Waals surface area contributed by atoms with E-state index in [1.165, 1.54) is 14.2 Å². The first-order valence-electron chi connectivity index (χ1n) is 6.31. The minimum atomic E-state index is -0.234. The van der Waals surface area contributed by atoms with Gasteiger partial charge in [0.25, 0.3) is 0 Å². The van der Waals surface area contributed by atoms with Crippen LogP contribution in [0.1, 0.15) is 21.5 Å². The molecule has 4 nitrogen and oxygen atoms in total. The van der Waals surface area contributed by atoms with Gasteiger partial charge in [-0.3, -0.25) is 4.79 Å². The maximum absolute atomic E-state index is 12.8. The van der Waals surface area contributed by atoms with Crippen LogP contribution in [0.2, 0.25) is 0 Å². The van der Waals surface area contributed by atoms with E-state index in [0.29, 0.717) is 28.3 Å². The predicted molar refractivity (Wildman–Crippen MR) is 86.3 cm³/mol. The Balaban J connectivity index is 2.63. The molecule has 2 aromatic carbocycles. The van der Waals surface area contributed by atoms with E-state index >= 15 is 0 Å². The molecule has 5 heteroatoms. The third-order valence-corrected chi connectivity index (χ3v) is 4.09. The number of hydrogen-bond donors (Lipinski definition) is 1. The van der Waals surface area contributed by atoms with Gasteiger partial charge >= 0.3 is 0 Å². The first-order chi connectivity index (χ1) is 9.99. The Bertz CT molecular complexity index is 698. The van der Waals surface area contributed by atoms with E-state index in [-0.39, 0.29) is 5.78 Å². The lowest BCUT2D eigenvalue weighted by Crippen LogP contribution is -2.09. The maximum Gasteiger partial charge on any atom is 0.202 e. The largest absolute Gasteiger partial charge is 0.496 e. The number of methoxy groups -OCH3 is 2. The third-order valence-electron chi connectivity index (χ3n) is 3.23. The molecule has 0 heterocycles. The van der Waals surface area contributed by atoms with Crippen LogP contribution in [-0.2, 0) is 0 Å². The fourth-order valence-electron chi connectivity index (χ4n) is 2.10. The molecule has 21 heavy (non-hydrogen) atoms. The molecule has 0 atom stereocenters. The number of rotatable bonds is 4. The Morgan fingerprint density at radius 2 is 1.81 bits per heavy atom. The van der Waals surface area contributed by atoms with E-state index in [9.17, 15) is 4.79 Å². The molecular formula is C16H16BrNO3. The lowest BCUT2D eigenvalue weighted by Gasteiger charge is -2.14. The molecule has 0 unspecified atom stereocenters. The van der Waals surface area contributed by atoms with Crippen molar-refractivity contribution in [2.45, 2.75) is 6.92 Å². The molecule has 0 aliphatic heterocycles. The lowest BCUT2D eigenvalue weighted by atomic mass is 9.99. The van der Waals surface area contributed by atoms with Crippen molar-refractivity contribution in [3.05, 3.63) is 51.5 Å². The number of hydrogen-bond acceptors (Lipinski definition) is 4. The van der Waals surface area contributed by atoms with Crippen molar-refractivity contribution in [1.82, 2.24) is 0 Å². The molecule has 0 aliphatic rings. The second-order valence-electron chi connectivity index (χ2n) is 4.56. The number of ketones is 1. The van der Waals surface area contributed by atoms with Crippen LogP contribution in [0.15, 0.2) is 34.8 Å². The molecule has 2 aromatic rings. The zero-order chi connectivity index (χ0) is 15.6. The van der Waals surface area contributed by atoms with Crippen LogP contribution < -0.4 is 15.2 Å². The van der Waals surface area contributed by atoms with Crippen molar-refractivity contribution >= 4 is 27.4 Å². The lowest BCUT2D eigenvalue weighted by molar-refractivity contribution is 0.103. The smallest absolute Gasteiger partial charge is 0.202 e. The Hall–Kier alpha value is -2.01. The van der Waals surface area contributed by atoms with Gasteiger partial charge in [0.15, 0.2) is 0 Å². The van der Waals surface area contributed by atoms with E-state index in [0.717, 1.165) is 10.0 Å². The van der Waals surface area contributed by atoms with Crippen molar-refractivity contribution in [3.8, 4) is 11.5 Å². The van der Waals surface area contributed by atoms with Crippen molar-refractivity contribution in [2.24, 2.45) is 0 Å². The van der Waals surface area contributed by atoms with Crippen molar-refractivity contribution in [2.75, 3.05) is 20.0 Å². The average molecular weight is 350 g/mol. The molecule has 0 amide bonds. The van der Waals surface area contributed by atoms with Gasteiger partial charge in [-0.1, -0.05) is 22.0 Å². The van der Waals surface area contributed by atoms with Gasteiger partial charge in [0.05, 0.1) is 25.3 Å². The third kappa shape index (κ3) is 2.88. The summed E-state index contributed by atoms with van der Waals surface area (Å²) in [6, 6.07) is 8.67. The maximum atomic E-state index is 12.8. The number of benzene rings is 2. The molecular weight excluding hydrogens is 334 g/mol. The van der Waals surface area contributed by atoms with Gasteiger partial charge in [-0.2, -0.15) is 0 Å². The zero-order valence-corrected chi connectivity index (χ0v) is 13.7. The minimum absolute atomic E-state index is 0.234. The van der Waals surface area contributed by atoms with Gasteiger partial charge in [0.1, 0.15) is 11.5 Å². The molecule has 0 saturated heterocycles. The highest BCUT2D eigenvalue weighted by Crippen LogP contribution is 2.33. The van der Waals surface area contributed by atoms with Crippen molar-refractivity contribution < 1.29 is 14.3 Å². The molecule has 0 radical (unpaired) electrons. The molecule has 2 N–H and O–H groups in total. The van der Waals surface area contributed by atoms with E-state index in [2.05, 4.69) is 15.9 Å². The summed E-state index contributed by atoms with van der Waals surface area (Å²) in [7, 11) is 3.04. The fraction of sp³-hybridized carbons (Fsp3) is 0.188. The van der Waals surface area contributed by atoms with Gasteiger partial charge in [-0.05, 0) is 36.8 Å². The number of aryl methyl sites for hydroxylation is 1. The Kier molecular flexibility index (Phi) is 4.53. The summed E-state index contributed by atoms with van der Waals surface area (Å²) in [6.07, 6.45) is 0. The average Bonchev–Trinajstić information content (AvgIpc) is 2.48. The minimum Gasteiger partial charge on any atom is -0.496 e. The number of ether oxygens (including phenoxy) is 2.